The molecule has 0 bridgehead atoms. The lowest BCUT2D eigenvalue weighted by molar-refractivity contribution is -0.126. The molecular weight excluding hydrogens is 332 g/mol. The smallest absolute Gasteiger partial charge is 0.250 e. The fourth-order valence-corrected chi connectivity index (χ4v) is 4.81. The van der Waals surface area contributed by atoms with Crippen molar-refractivity contribution in [1.29, 1.82) is 0 Å². The van der Waals surface area contributed by atoms with E-state index in [4.69, 9.17) is 19.9 Å². The van der Waals surface area contributed by atoms with Crippen LogP contribution in [0.3, 0.4) is 0 Å². The summed E-state index contributed by atoms with van der Waals surface area (Å²) in [6.45, 7) is 0.211. The first-order chi connectivity index (χ1) is 10.5. The van der Waals surface area contributed by atoms with Gasteiger partial charge in [0.25, 0.3) is 0 Å². The molecule has 0 spiro atoms. The lowest BCUT2D eigenvalue weighted by Crippen LogP contribution is -2.44. The molecule has 3 heterocycles. The van der Waals surface area contributed by atoms with Crippen molar-refractivity contribution >= 4 is 27.3 Å². The van der Waals surface area contributed by atoms with Crippen LogP contribution in [0, 0.1) is 0 Å². The lowest BCUT2D eigenvalue weighted by Gasteiger charge is -2.17. The Labute approximate surface area is 131 Å². The number of carbonyl (C=O) groups is 1. The first kappa shape index (κ1) is 15.8. The number of hydrogen-bond donors (Lipinski definition) is 2. The minimum absolute atomic E-state index is 0.191. The fraction of sp³-hybridized carbons (Fsp3) is 0.583. The summed E-state index contributed by atoms with van der Waals surface area (Å²) in [6, 6.07) is 2.72. The summed E-state index contributed by atoms with van der Waals surface area (Å²) in [6.07, 6.45) is -1.27. The first-order valence-corrected chi connectivity index (χ1v) is 9.02. The maximum atomic E-state index is 12.2. The minimum Gasteiger partial charge on any atom is -0.371 e. The van der Waals surface area contributed by atoms with Gasteiger partial charge in [0.15, 0.2) is 0 Å². The number of carbonyl (C=O) groups excluding carboxylic acids is 1. The minimum atomic E-state index is -3.59. The predicted octanol–water partition coefficient (Wildman–Crippen LogP) is -0.937. The third kappa shape index (κ3) is 3.16. The molecule has 22 heavy (non-hydrogen) atoms. The molecule has 0 aromatic carbocycles. The Bertz CT molecular complexity index is 632. The fourth-order valence-electron chi connectivity index (χ4n) is 2.57. The molecule has 10 heteroatoms. The molecule has 122 valence electrons. The van der Waals surface area contributed by atoms with E-state index < -0.39 is 40.3 Å². The number of thiophene rings is 1. The molecule has 2 aliphatic heterocycles. The maximum absolute atomic E-state index is 12.2. The second kappa shape index (κ2) is 6.22. The molecule has 2 saturated heterocycles. The Hall–Kier alpha value is -1.04. The van der Waals surface area contributed by atoms with Crippen molar-refractivity contribution in [1.82, 2.24) is 4.72 Å². The Morgan fingerprint density at radius 2 is 2.18 bits per heavy atom. The Morgan fingerprint density at radius 1 is 1.41 bits per heavy atom. The summed E-state index contributed by atoms with van der Waals surface area (Å²) >= 11 is 1.14. The summed E-state index contributed by atoms with van der Waals surface area (Å²) < 4.78 is 43.8. The molecule has 8 nitrogen and oxygen atoms in total. The van der Waals surface area contributed by atoms with Crippen molar-refractivity contribution in [3.8, 4) is 0 Å². The van der Waals surface area contributed by atoms with Crippen LogP contribution in [0.2, 0.25) is 0 Å². The van der Waals surface area contributed by atoms with Gasteiger partial charge in [0.05, 0.1) is 19.3 Å². The summed E-state index contributed by atoms with van der Waals surface area (Å²) in [7, 11) is -3.59. The molecular formula is C12H16N2O6S2. The molecule has 1 aromatic heterocycles. The van der Waals surface area contributed by atoms with Crippen molar-refractivity contribution in [3.63, 3.8) is 0 Å². The zero-order valence-corrected chi connectivity index (χ0v) is 13.1. The van der Waals surface area contributed by atoms with Gasteiger partial charge in [0.2, 0.25) is 15.9 Å². The highest BCUT2D eigenvalue weighted by atomic mass is 32.2. The molecule has 0 radical (unpaired) electrons. The van der Waals surface area contributed by atoms with Gasteiger partial charge in [-0.3, -0.25) is 4.79 Å². The van der Waals surface area contributed by atoms with Crippen LogP contribution in [0.4, 0.5) is 0 Å². The molecule has 4 atom stereocenters. The van der Waals surface area contributed by atoms with Crippen LogP contribution < -0.4 is 10.5 Å². The van der Waals surface area contributed by atoms with Gasteiger partial charge in [0.1, 0.15) is 29.1 Å². The molecule has 2 aliphatic rings. The van der Waals surface area contributed by atoms with Crippen molar-refractivity contribution in [2.45, 2.75) is 28.6 Å². The van der Waals surface area contributed by atoms with E-state index in [1.807, 2.05) is 0 Å². The van der Waals surface area contributed by atoms with E-state index in [-0.39, 0.29) is 24.0 Å². The summed E-state index contributed by atoms with van der Waals surface area (Å²) in [4.78, 5) is 10.8. The van der Waals surface area contributed by atoms with E-state index in [1.54, 1.807) is 11.4 Å². The van der Waals surface area contributed by atoms with Crippen LogP contribution in [0.25, 0.3) is 0 Å². The van der Waals surface area contributed by atoms with Crippen molar-refractivity contribution in [3.05, 3.63) is 17.5 Å². The number of amides is 1. The number of fused-ring (bicyclic) bond motifs is 1. The van der Waals surface area contributed by atoms with Crippen LogP contribution in [-0.2, 0) is 29.0 Å². The molecule has 3 N–H and O–H groups in total. The number of sulfonamides is 1. The quantitative estimate of drug-likeness (QED) is 0.685. The Kier molecular flexibility index (Phi) is 4.48. The molecule has 2 fully saturated rings. The van der Waals surface area contributed by atoms with Gasteiger partial charge in [-0.05, 0) is 11.4 Å². The molecule has 0 aliphatic carbocycles. The molecule has 4 unspecified atom stereocenters. The van der Waals surface area contributed by atoms with E-state index in [9.17, 15) is 13.2 Å². The average Bonchev–Trinajstić information content (AvgIpc) is 3.14. The van der Waals surface area contributed by atoms with Gasteiger partial charge >= 0.3 is 0 Å². The van der Waals surface area contributed by atoms with Gasteiger partial charge in [-0.1, -0.05) is 6.07 Å². The monoisotopic (exact) mass is 348 g/mol. The number of primary amides is 1. The number of rotatable bonds is 6. The van der Waals surface area contributed by atoms with Crippen LogP contribution in [0.5, 0.6) is 0 Å². The highest BCUT2D eigenvalue weighted by Crippen LogP contribution is 2.30. The first-order valence-electron chi connectivity index (χ1n) is 6.66. The number of hydrogen-bond acceptors (Lipinski definition) is 7. The molecule has 1 aromatic rings. The Balaban J connectivity index is 1.63. The highest BCUT2D eigenvalue weighted by Gasteiger charge is 2.49. The third-order valence-electron chi connectivity index (χ3n) is 3.51. The average molecular weight is 348 g/mol. The van der Waals surface area contributed by atoms with Gasteiger partial charge in [-0.25, -0.2) is 13.1 Å². The molecule has 3 rings (SSSR count). The largest absolute Gasteiger partial charge is 0.371 e. The molecule has 1 amide bonds. The van der Waals surface area contributed by atoms with Crippen LogP contribution in [0.1, 0.15) is 0 Å². The van der Waals surface area contributed by atoms with Gasteiger partial charge < -0.3 is 19.9 Å². The zero-order chi connectivity index (χ0) is 15.7. The van der Waals surface area contributed by atoms with Crippen LogP contribution >= 0.6 is 11.3 Å². The summed E-state index contributed by atoms with van der Waals surface area (Å²) in [5, 5.41) is 1.70. The SMILES string of the molecule is NC(=O)COC1COC2C(NS(=O)(=O)c3cccs3)COC12. The lowest BCUT2D eigenvalue weighted by atomic mass is 10.1. The van der Waals surface area contributed by atoms with Crippen LogP contribution in [0.15, 0.2) is 21.7 Å². The Morgan fingerprint density at radius 3 is 2.86 bits per heavy atom. The molecule has 0 saturated carbocycles. The van der Waals surface area contributed by atoms with Crippen molar-refractivity contribution in [2.24, 2.45) is 5.73 Å². The van der Waals surface area contributed by atoms with Crippen molar-refractivity contribution < 1.29 is 27.4 Å². The third-order valence-corrected chi connectivity index (χ3v) is 6.40. The summed E-state index contributed by atoms with van der Waals surface area (Å²) in [5.74, 6) is -0.573. The van der Waals surface area contributed by atoms with E-state index in [1.165, 1.54) is 6.07 Å². The topological polar surface area (TPSA) is 117 Å². The second-order valence-electron chi connectivity index (χ2n) is 5.07. The number of ether oxygens (including phenoxy) is 3. The van der Waals surface area contributed by atoms with Gasteiger partial charge in [0, 0.05) is 0 Å². The number of nitrogens with two attached hydrogens (primary N) is 1. The van der Waals surface area contributed by atoms with E-state index in [0.29, 0.717) is 0 Å². The van der Waals surface area contributed by atoms with Crippen LogP contribution in [-0.4, -0.2) is 58.5 Å². The highest BCUT2D eigenvalue weighted by molar-refractivity contribution is 7.91. The predicted molar refractivity (Wildman–Crippen MR) is 76.8 cm³/mol. The van der Waals surface area contributed by atoms with Gasteiger partial charge in [-0.2, -0.15) is 0 Å². The summed E-state index contributed by atoms with van der Waals surface area (Å²) in [5.41, 5.74) is 5.04. The maximum Gasteiger partial charge on any atom is 0.250 e. The van der Waals surface area contributed by atoms with E-state index >= 15 is 0 Å². The van der Waals surface area contributed by atoms with Gasteiger partial charge in [-0.15, -0.1) is 11.3 Å². The standard InChI is InChI=1S/C12H16N2O6S2/c13-9(15)6-18-8-5-20-11-7(4-19-12(8)11)14-22(16,17)10-2-1-3-21-10/h1-3,7-8,11-12,14H,4-6H2,(H2,13,15). The van der Waals surface area contributed by atoms with E-state index in [0.717, 1.165) is 11.3 Å². The normalized spacial score (nSPS) is 31.3. The second-order valence-corrected chi connectivity index (χ2v) is 7.96. The van der Waals surface area contributed by atoms with E-state index in [2.05, 4.69) is 4.72 Å². The van der Waals surface area contributed by atoms with Crippen molar-refractivity contribution in [2.75, 3.05) is 19.8 Å². The number of nitrogens with one attached hydrogen (secondary N) is 1. The zero-order valence-electron chi connectivity index (χ0n) is 11.5.